The number of nitrogens with one attached hydrogen (secondary N) is 1. The molecule has 0 aliphatic rings. The van der Waals surface area contributed by atoms with E-state index in [1.165, 1.54) is 5.56 Å². The monoisotopic (exact) mass is 250 g/mol. The van der Waals surface area contributed by atoms with Crippen molar-refractivity contribution in [3.63, 3.8) is 0 Å². The van der Waals surface area contributed by atoms with Crippen LogP contribution in [0, 0.1) is 0 Å². The molecule has 0 spiro atoms. The summed E-state index contributed by atoms with van der Waals surface area (Å²) in [5.74, 6) is 0.944. The van der Waals surface area contributed by atoms with E-state index in [0.29, 0.717) is 6.04 Å². The Bertz CT molecular complexity index is 324. The number of ether oxygens (including phenoxy) is 1. The summed E-state index contributed by atoms with van der Waals surface area (Å²) in [6.45, 7) is 10.2. The predicted molar refractivity (Wildman–Crippen MR) is 77.1 cm³/mol. The Morgan fingerprint density at radius 2 is 1.89 bits per heavy atom. The third kappa shape index (κ3) is 5.52. The molecule has 1 N–H and O–H groups in total. The van der Waals surface area contributed by atoms with E-state index >= 15 is 0 Å². The highest BCUT2D eigenvalue weighted by Crippen LogP contribution is 2.11. The van der Waals surface area contributed by atoms with Gasteiger partial charge in [-0.15, -0.1) is 0 Å². The second-order valence-corrected chi connectivity index (χ2v) is 4.71. The first kappa shape index (κ1) is 15.0. The van der Waals surface area contributed by atoms with Crippen LogP contribution in [0.1, 0.15) is 26.3 Å². The quantitative estimate of drug-likeness (QED) is 0.767. The molecule has 18 heavy (non-hydrogen) atoms. The lowest BCUT2D eigenvalue weighted by Gasteiger charge is -2.20. The third-order valence-corrected chi connectivity index (χ3v) is 3.01. The summed E-state index contributed by atoms with van der Waals surface area (Å²) in [4.78, 5) is 2.32. The lowest BCUT2D eigenvalue weighted by Crippen LogP contribution is -2.36. The second kappa shape index (κ2) is 8.11. The molecular weight excluding hydrogens is 224 g/mol. The molecule has 0 radical (unpaired) electrons. The molecule has 0 aliphatic carbocycles. The maximum Gasteiger partial charge on any atom is 0.119 e. The van der Waals surface area contributed by atoms with Crippen LogP contribution in [0.3, 0.4) is 0 Å². The van der Waals surface area contributed by atoms with E-state index in [1.54, 1.807) is 0 Å². The van der Waals surface area contributed by atoms with Crippen molar-refractivity contribution in [2.75, 3.05) is 26.7 Å². The highest BCUT2D eigenvalue weighted by atomic mass is 16.5. The van der Waals surface area contributed by atoms with E-state index in [0.717, 1.165) is 32.0 Å². The zero-order chi connectivity index (χ0) is 13.4. The topological polar surface area (TPSA) is 24.5 Å². The van der Waals surface area contributed by atoms with Gasteiger partial charge >= 0.3 is 0 Å². The summed E-state index contributed by atoms with van der Waals surface area (Å²) in [5.41, 5.74) is 1.30. The summed E-state index contributed by atoms with van der Waals surface area (Å²) in [6.07, 6.45) is 0. The zero-order valence-electron chi connectivity index (χ0n) is 12.1. The van der Waals surface area contributed by atoms with E-state index < -0.39 is 0 Å². The van der Waals surface area contributed by atoms with Crippen LogP contribution in [0.2, 0.25) is 0 Å². The van der Waals surface area contributed by atoms with Crippen LogP contribution in [0.5, 0.6) is 5.75 Å². The van der Waals surface area contributed by atoms with Gasteiger partial charge in [0, 0.05) is 19.1 Å². The second-order valence-electron chi connectivity index (χ2n) is 4.71. The van der Waals surface area contributed by atoms with Gasteiger partial charge in [0.25, 0.3) is 0 Å². The van der Waals surface area contributed by atoms with Gasteiger partial charge in [-0.05, 0) is 45.1 Å². The third-order valence-electron chi connectivity index (χ3n) is 3.01. The molecule has 0 saturated carbocycles. The van der Waals surface area contributed by atoms with Gasteiger partial charge in [-0.1, -0.05) is 19.1 Å². The van der Waals surface area contributed by atoms with Gasteiger partial charge in [-0.2, -0.15) is 0 Å². The number of hydrogen-bond donors (Lipinski definition) is 1. The van der Waals surface area contributed by atoms with Crippen molar-refractivity contribution in [1.82, 2.24) is 10.2 Å². The number of hydrogen-bond acceptors (Lipinski definition) is 3. The number of likely N-dealkylation sites (N-methyl/N-ethyl adjacent to an activating group) is 1. The lowest BCUT2D eigenvalue weighted by molar-refractivity contribution is 0.309. The molecular formula is C15H26N2O. The molecule has 0 amide bonds. The van der Waals surface area contributed by atoms with Crippen molar-refractivity contribution in [2.24, 2.45) is 0 Å². The van der Waals surface area contributed by atoms with Crippen molar-refractivity contribution < 1.29 is 4.74 Å². The Kier molecular flexibility index (Phi) is 6.76. The normalized spacial score (nSPS) is 12.7. The molecule has 1 aromatic rings. The van der Waals surface area contributed by atoms with Crippen LogP contribution in [0.25, 0.3) is 0 Å². The highest BCUT2D eigenvalue weighted by molar-refractivity contribution is 5.27. The van der Waals surface area contributed by atoms with E-state index in [1.807, 2.05) is 19.1 Å². The maximum atomic E-state index is 5.43. The molecule has 0 bridgehead atoms. The molecule has 0 aromatic heterocycles. The highest BCUT2D eigenvalue weighted by Gasteiger charge is 2.04. The average molecular weight is 250 g/mol. The van der Waals surface area contributed by atoms with E-state index in [-0.39, 0.29) is 0 Å². The zero-order valence-corrected chi connectivity index (χ0v) is 12.1. The van der Waals surface area contributed by atoms with Crippen LogP contribution in [0.15, 0.2) is 24.3 Å². The minimum atomic E-state index is 0.501. The van der Waals surface area contributed by atoms with Gasteiger partial charge in [0.2, 0.25) is 0 Å². The van der Waals surface area contributed by atoms with E-state index in [2.05, 4.69) is 43.2 Å². The Labute approximate surface area is 111 Å². The lowest BCUT2D eigenvalue weighted by atomic mass is 10.2. The molecule has 3 nitrogen and oxygen atoms in total. The largest absolute Gasteiger partial charge is 0.494 e. The van der Waals surface area contributed by atoms with E-state index in [4.69, 9.17) is 4.74 Å². The molecule has 0 aliphatic heterocycles. The minimum Gasteiger partial charge on any atom is -0.494 e. The fraction of sp³-hybridized carbons (Fsp3) is 0.600. The van der Waals surface area contributed by atoms with Crippen molar-refractivity contribution in [3.05, 3.63) is 29.8 Å². The maximum absolute atomic E-state index is 5.43. The molecule has 1 rings (SSSR count). The fourth-order valence-electron chi connectivity index (χ4n) is 1.82. The van der Waals surface area contributed by atoms with Crippen LogP contribution in [0.4, 0.5) is 0 Å². The van der Waals surface area contributed by atoms with Gasteiger partial charge in [0.15, 0.2) is 0 Å². The van der Waals surface area contributed by atoms with E-state index in [9.17, 15) is 0 Å². The van der Waals surface area contributed by atoms with Crippen molar-refractivity contribution in [1.29, 1.82) is 0 Å². The smallest absolute Gasteiger partial charge is 0.119 e. The molecule has 1 unspecified atom stereocenters. The molecule has 0 heterocycles. The summed E-state index contributed by atoms with van der Waals surface area (Å²) >= 11 is 0. The number of nitrogens with zero attached hydrogens (tertiary/aromatic N) is 1. The molecule has 1 atom stereocenters. The van der Waals surface area contributed by atoms with Crippen molar-refractivity contribution in [3.8, 4) is 5.75 Å². The van der Waals surface area contributed by atoms with Gasteiger partial charge in [0.1, 0.15) is 5.75 Å². The molecule has 0 saturated heterocycles. The van der Waals surface area contributed by atoms with Gasteiger partial charge in [-0.3, -0.25) is 0 Å². The first-order valence-electron chi connectivity index (χ1n) is 6.79. The molecule has 0 fully saturated rings. The Balaban J connectivity index is 2.34. The molecule has 102 valence electrons. The van der Waals surface area contributed by atoms with Gasteiger partial charge in [-0.25, -0.2) is 0 Å². The van der Waals surface area contributed by atoms with Gasteiger partial charge in [0.05, 0.1) is 6.61 Å². The van der Waals surface area contributed by atoms with Gasteiger partial charge < -0.3 is 15.0 Å². The summed E-state index contributed by atoms with van der Waals surface area (Å²) in [5, 5.41) is 3.53. The van der Waals surface area contributed by atoms with Crippen molar-refractivity contribution in [2.45, 2.75) is 33.4 Å². The Morgan fingerprint density at radius 1 is 1.22 bits per heavy atom. The standard InChI is InChI=1S/C15H26N2O/c1-5-17(4)12-13(3)16-11-14-7-9-15(10-8-14)18-6-2/h7-10,13,16H,5-6,11-12H2,1-4H3. The SMILES string of the molecule is CCOc1ccc(CNC(C)CN(C)CC)cc1. The van der Waals surface area contributed by atoms with Crippen LogP contribution in [-0.4, -0.2) is 37.7 Å². The first-order chi connectivity index (χ1) is 8.65. The van der Waals surface area contributed by atoms with Crippen LogP contribution < -0.4 is 10.1 Å². The van der Waals surface area contributed by atoms with Crippen LogP contribution in [-0.2, 0) is 6.54 Å². The van der Waals surface area contributed by atoms with Crippen molar-refractivity contribution >= 4 is 0 Å². The molecule has 3 heteroatoms. The molecule has 1 aromatic carbocycles. The average Bonchev–Trinajstić information content (AvgIpc) is 2.38. The minimum absolute atomic E-state index is 0.501. The Morgan fingerprint density at radius 3 is 2.44 bits per heavy atom. The summed E-state index contributed by atoms with van der Waals surface area (Å²) < 4.78 is 5.43. The summed E-state index contributed by atoms with van der Waals surface area (Å²) in [7, 11) is 2.15. The summed E-state index contributed by atoms with van der Waals surface area (Å²) in [6, 6.07) is 8.80. The Hall–Kier alpha value is -1.06. The van der Waals surface area contributed by atoms with Crippen LogP contribution >= 0.6 is 0 Å². The fourth-order valence-corrected chi connectivity index (χ4v) is 1.82. The number of rotatable bonds is 8. The first-order valence-corrected chi connectivity index (χ1v) is 6.79. The number of benzene rings is 1. The predicted octanol–water partition coefficient (Wildman–Crippen LogP) is 2.52.